The minimum Gasteiger partial charge on any atom is -0.481 e. The summed E-state index contributed by atoms with van der Waals surface area (Å²) in [5, 5.41) is 126. The van der Waals surface area contributed by atoms with Crippen molar-refractivity contribution in [2.24, 2.45) is 68.0 Å². The summed E-state index contributed by atoms with van der Waals surface area (Å²) in [4.78, 5) is 34.3. The van der Waals surface area contributed by atoms with E-state index in [1.54, 1.807) is 41.5 Å². The molecule has 0 saturated heterocycles. The first kappa shape index (κ1) is 99.8. The molecule has 3 aromatic carbocycles. The smallest absolute Gasteiger partial charge is 0.309 e. The first-order chi connectivity index (χ1) is 55.4. The van der Waals surface area contributed by atoms with Crippen LogP contribution in [0.5, 0.6) is 0 Å². The molecule has 3 aromatic rings. The normalized spacial score (nSPS) is 28.4. The number of unbranched alkanes of at least 4 members (excludes halogenated alkanes) is 6. The summed E-state index contributed by atoms with van der Waals surface area (Å²) in [6, 6.07) is 25.7. The molecule has 9 rings (SSSR count). The Balaban J connectivity index is 0.000000243. The minimum atomic E-state index is -0.754. The molecule has 6 fully saturated rings. The van der Waals surface area contributed by atoms with Gasteiger partial charge >= 0.3 is 17.9 Å². The van der Waals surface area contributed by atoms with E-state index in [0.717, 1.165) is 250 Å². The van der Waals surface area contributed by atoms with E-state index in [0.29, 0.717) is 37.0 Å². The van der Waals surface area contributed by atoms with E-state index in [9.17, 15) is 75.7 Å². The topological polar surface area (TPSA) is 294 Å². The fourth-order valence-electron chi connectivity index (χ4n) is 21.6. The van der Waals surface area contributed by atoms with Crippen LogP contribution in [0.15, 0.2) is 72.8 Å². The molecule has 6 aliphatic carbocycles. The molecule has 6 aliphatic rings. The molecule has 0 amide bonds. The van der Waals surface area contributed by atoms with Crippen molar-refractivity contribution in [1.29, 1.82) is 0 Å². The molecule has 0 spiro atoms. The molecular weight excluding hydrogens is 1470 g/mol. The van der Waals surface area contributed by atoms with Crippen molar-refractivity contribution < 1.29 is 75.7 Å². The summed E-state index contributed by atoms with van der Waals surface area (Å²) in [5.74, 6) is 0.109. The van der Waals surface area contributed by atoms with Crippen molar-refractivity contribution in [1.82, 2.24) is 0 Å². The molecule has 117 heavy (non-hydrogen) atoms. The maximum atomic E-state index is 11.5. The quantitative estimate of drug-likeness (QED) is 0.0235. The molecule has 0 radical (unpaired) electrons. The number of carboxylic acids is 3. The molecule has 0 bridgehead atoms. The highest BCUT2D eigenvalue weighted by molar-refractivity contribution is 5.74. The number of rotatable bonds is 42. The standard InChI is InChI=1S/C34H54O6.C34H56O5.C34H58O4/c1-33(2,31(37)38)21-9-7-13-23-15-11-19-27(29(23)35)25-17-5-6-18-26(25)28-20-12-16-24(30(28)36)14-8-10-22-34(3,4)32(39)40;1-33(2,23-35)21-9-7-13-24-15-11-19-28(30(24)36)26-17-5-6-18-27(26)29-20-12-16-25(31(29)37)14-8-10-22-34(3,4)32(38)39;1-33(2,23-35)21-9-7-13-25-15-11-19-29(31(25)37)27-17-5-6-18-28(27)30-20-12-16-26(32(30)38)14-8-10-22-34(3,4)24-36/h5-6,17-18,23-24,27-30,35-36H,7-16,19-22H2,1-4H3,(H,37,38)(H,39,40);5-6,17-18,24-25,28-31,35-37H,7-16,19-23H2,1-4H3,(H,38,39);5-6,17-18,25-26,29-32,35-38H,7-16,19-24H2,1-4H3. The van der Waals surface area contributed by atoms with Crippen LogP contribution in [0, 0.1) is 68.0 Å². The average molecular weight is 1630 g/mol. The number of carbonyl (C=O) groups is 3. The first-order valence-electron chi connectivity index (χ1n) is 47.3. The van der Waals surface area contributed by atoms with Crippen LogP contribution in [0.4, 0.5) is 0 Å². The number of carboxylic acid groups (broad SMARTS) is 3. The van der Waals surface area contributed by atoms with Crippen molar-refractivity contribution in [3.8, 4) is 0 Å². The van der Waals surface area contributed by atoms with Crippen molar-refractivity contribution in [3.05, 3.63) is 106 Å². The predicted molar refractivity (Wildman–Crippen MR) is 474 cm³/mol. The van der Waals surface area contributed by atoms with E-state index in [1.807, 2.05) is 0 Å². The number of aliphatic hydroxyl groups excluding tert-OH is 9. The molecule has 0 aromatic heterocycles. The molecule has 15 nitrogen and oxygen atoms in total. The second kappa shape index (κ2) is 47.5. The summed E-state index contributed by atoms with van der Waals surface area (Å²) in [5.41, 5.74) is 5.26. The number of aliphatic hydroxyl groups is 9. The van der Waals surface area contributed by atoms with Gasteiger partial charge in [0.25, 0.3) is 0 Å². The summed E-state index contributed by atoms with van der Waals surface area (Å²) < 4.78 is 0. The van der Waals surface area contributed by atoms with E-state index in [-0.39, 0.29) is 108 Å². The molecule has 6 saturated carbocycles. The zero-order chi connectivity index (χ0) is 85.9. The van der Waals surface area contributed by atoms with Gasteiger partial charge in [0, 0.05) is 55.3 Å². The fourth-order valence-corrected chi connectivity index (χ4v) is 21.6. The Labute approximate surface area is 708 Å². The number of benzene rings is 3. The van der Waals surface area contributed by atoms with Crippen molar-refractivity contribution >= 4 is 17.9 Å². The van der Waals surface area contributed by atoms with Gasteiger partial charge in [0.05, 0.1) is 52.9 Å². The molecule has 18 unspecified atom stereocenters. The number of hydrogen-bond donors (Lipinski definition) is 12. The molecular formula is C102H168O15. The van der Waals surface area contributed by atoms with E-state index in [4.69, 9.17) is 0 Å². The Morgan fingerprint density at radius 3 is 0.556 bits per heavy atom. The Kier molecular flexibility index (Phi) is 40.6. The third kappa shape index (κ3) is 30.0. The van der Waals surface area contributed by atoms with Crippen LogP contribution in [-0.2, 0) is 14.4 Å². The van der Waals surface area contributed by atoms with Crippen molar-refractivity contribution in [2.75, 3.05) is 19.8 Å². The lowest BCUT2D eigenvalue weighted by atomic mass is 9.68. The highest BCUT2D eigenvalue weighted by Gasteiger charge is 2.43. The molecule has 666 valence electrons. The molecule has 12 N–H and O–H groups in total. The Morgan fingerprint density at radius 1 is 0.256 bits per heavy atom. The van der Waals surface area contributed by atoms with Gasteiger partial charge < -0.3 is 61.3 Å². The number of hydrogen-bond acceptors (Lipinski definition) is 12. The zero-order valence-corrected chi connectivity index (χ0v) is 75.2. The second-order valence-electron chi connectivity index (χ2n) is 42.6. The largest absolute Gasteiger partial charge is 0.481 e. The molecule has 15 heteroatoms. The lowest BCUT2D eigenvalue weighted by molar-refractivity contribution is -0.148. The van der Waals surface area contributed by atoms with Crippen molar-refractivity contribution in [3.63, 3.8) is 0 Å². The predicted octanol–water partition coefficient (Wildman–Crippen LogP) is 22.3. The van der Waals surface area contributed by atoms with Gasteiger partial charge in [0.1, 0.15) is 0 Å². The summed E-state index contributed by atoms with van der Waals surface area (Å²) in [6.07, 6.45) is 39.7. The summed E-state index contributed by atoms with van der Waals surface area (Å²) in [6.45, 7) is 24.1. The van der Waals surface area contributed by atoms with E-state index in [1.165, 1.54) is 33.4 Å². The van der Waals surface area contributed by atoms with Gasteiger partial charge in [-0.1, -0.05) is 230 Å². The average Bonchev–Trinajstić information content (AvgIpc) is 0.792. The van der Waals surface area contributed by atoms with Gasteiger partial charge in [-0.25, -0.2) is 0 Å². The Hall–Kier alpha value is -4.29. The Morgan fingerprint density at radius 2 is 0.410 bits per heavy atom. The van der Waals surface area contributed by atoms with Gasteiger partial charge in [-0.3, -0.25) is 14.4 Å². The summed E-state index contributed by atoms with van der Waals surface area (Å²) in [7, 11) is 0. The monoisotopic (exact) mass is 1630 g/mol. The van der Waals surface area contributed by atoms with Crippen LogP contribution in [0.2, 0.25) is 0 Å². The van der Waals surface area contributed by atoms with Gasteiger partial charge in [0.2, 0.25) is 0 Å². The maximum Gasteiger partial charge on any atom is 0.309 e. The van der Waals surface area contributed by atoms with E-state index >= 15 is 0 Å². The lowest BCUT2D eigenvalue weighted by Crippen LogP contribution is -2.35. The molecule has 0 heterocycles. The van der Waals surface area contributed by atoms with Gasteiger partial charge in [-0.05, 0) is 281 Å². The van der Waals surface area contributed by atoms with Gasteiger partial charge in [-0.15, -0.1) is 0 Å². The zero-order valence-electron chi connectivity index (χ0n) is 75.2. The minimum absolute atomic E-state index is 0.0125. The first-order valence-corrected chi connectivity index (χ1v) is 47.3. The van der Waals surface area contributed by atoms with Crippen molar-refractivity contribution in [2.45, 2.75) is 425 Å². The third-order valence-electron chi connectivity index (χ3n) is 30.2. The SMILES string of the molecule is CC(C)(CCCCC1CCCC(c2ccccc2C2CCCC(CCCCC(C)(C)C(=O)O)C2O)C1O)C(=O)O.CC(C)(CO)CCCCC1CCCC(c2ccccc2C2CCCC(CCCCC(C)(C)C(=O)O)C2O)C1O.CC(C)(CO)CCCCC1CCCC(c2ccccc2C2CCCC(CCCCC(C)(C)CO)C2O)C1O. The van der Waals surface area contributed by atoms with Crippen LogP contribution < -0.4 is 0 Å². The van der Waals surface area contributed by atoms with Crippen LogP contribution in [0.1, 0.15) is 422 Å². The third-order valence-corrected chi connectivity index (χ3v) is 30.2. The molecule has 18 atom stereocenters. The fraction of sp³-hybridized carbons (Fsp3) is 0.794. The highest BCUT2D eigenvalue weighted by atomic mass is 16.4. The second-order valence-corrected chi connectivity index (χ2v) is 42.6. The Bertz CT molecular complexity index is 3230. The van der Waals surface area contributed by atoms with Gasteiger partial charge in [0.15, 0.2) is 0 Å². The molecule has 0 aliphatic heterocycles. The maximum absolute atomic E-state index is 11.5. The van der Waals surface area contributed by atoms with Crippen LogP contribution in [0.25, 0.3) is 0 Å². The van der Waals surface area contributed by atoms with Crippen LogP contribution in [0.3, 0.4) is 0 Å². The summed E-state index contributed by atoms with van der Waals surface area (Å²) >= 11 is 0. The highest BCUT2D eigenvalue weighted by Crippen LogP contribution is 2.51. The lowest BCUT2D eigenvalue weighted by Gasteiger charge is -2.40. The van der Waals surface area contributed by atoms with E-state index in [2.05, 4.69) is 114 Å². The van der Waals surface area contributed by atoms with E-state index < -0.39 is 52.5 Å². The number of aliphatic carboxylic acids is 3. The van der Waals surface area contributed by atoms with Crippen LogP contribution >= 0.6 is 0 Å². The van der Waals surface area contributed by atoms with Gasteiger partial charge in [-0.2, -0.15) is 0 Å². The van der Waals surface area contributed by atoms with Crippen LogP contribution in [-0.4, -0.2) is 136 Å².